The molecule has 1 heterocycles. The number of amides is 1. The molecule has 98 valence electrons. The number of carbonyl (C=O) groups excluding carboxylic acids is 1. The van der Waals surface area contributed by atoms with Gasteiger partial charge < -0.3 is 9.73 Å². The normalized spacial score (nSPS) is 17.3. The minimum absolute atomic E-state index is 0.0560. The van der Waals surface area contributed by atoms with Crippen LogP contribution in [0.3, 0.4) is 0 Å². The molecule has 0 saturated heterocycles. The number of furan rings is 1. The van der Waals surface area contributed by atoms with Gasteiger partial charge in [-0.1, -0.05) is 43.2 Å². The maximum absolute atomic E-state index is 12.3. The lowest BCUT2D eigenvalue weighted by Gasteiger charge is -2.31. The van der Waals surface area contributed by atoms with Crippen molar-refractivity contribution < 1.29 is 9.21 Å². The van der Waals surface area contributed by atoms with E-state index < -0.39 is 0 Å². The summed E-state index contributed by atoms with van der Waals surface area (Å²) in [6.07, 6.45) is 7.32. The lowest BCUT2D eigenvalue weighted by molar-refractivity contribution is 0.0897. The highest BCUT2D eigenvalue weighted by molar-refractivity contribution is 5.94. The summed E-state index contributed by atoms with van der Waals surface area (Å²) in [7, 11) is 0. The van der Waals surface area contributed by atoms with Gasteiger partial charge in [-0.15, -0.1) is 0 Å². The molecule has 0 unspecified atom stereocenters. The summed E-state index contributed by atoms with van der Waals surface area (Å²) >= 11 is 0. The van der Waals surface area contributed by atoms with Crippen LogP contribution in [-0.2, 0) is 5.54 Å². The lowest BCUT2D eigenvalue weighted by Crippen LogP contribution is -2.43. The van der Waals surface area contributed by atoms with Crippen molar-refractivity contribution in [1.29, 1.82) is 0 Å². The molecule has 3 heteroatoms. The third kappa shape index (κ3) is 2.28. The first-order chi connectivity index (χ1) is 9.30. The van der Waals surface area contributed by atoms with Crippen molar-refractivity contribution in [2.45, 2.75) is 31.2 Å². The van der Waals surface area contributed by atoms with Gasteiger partial charge in [0.25, 0.3) is 5.91 Å². The topological polar surface area (TPSA) is 42.2 Å². The fourth-order valence-corrected chi connectivity index (χ4v) is 2.90. The van der Waals surface area contributed by atoms with Gasteiger partial charge in [0.1, 0.15) is 6.26 Å². The quantitative estimate of drug-likeness (QED) is 0.912. The molecule has 3 nitrogen and oxygen atoms in total. The fourth-order valence-electron chi connectivity index (χ4n) is 2.90. The predicted octanol–water partition coefficient (Wildman–Crippen LogP) is 3.48. The summed E-state index contributed by atoms with van der Waals surface area (Å²) in [6.45, 7) is 0. The molecule has 19 heavy (non-hydrogen) atoms. The minimum atomic E-state index is -0.213. The molecular formula is C16H17NO2. The van der Waals surface area contributed by atoms with Crippen molar-refractivity contribution in [3.05, 3.63) is 60.1 Å². The van der Waals surface area contributed by atoms with Crippen molar-refractivity contribution in [3.63, 3.8) is 0 Å². The Morgan fingerprint density at radius 2 is 1.84 bits per heavy atom. The van der Waals surface area contributed by atoms with E-state index in [9.17, 15) is 4.79 Å². The molecule has 0 radical (unpaired) electrons. The summed E-state index contributed by atoms with van der Waals surface area (Å²) in [4.78, 5) is 12.3. The summed E-state index contributed by atoms with van der Waals surface area (Å²) in [5, 5.41) is 3.21. The lowest BCUT2D eigenvalue weighted by atomic mass is 9.88. The molecule has 1 aromatic carbocycles. The van der Waals surface area contributed by atoms with Crippen molar-refractivity contribution in [2.75, 3.05) is 0 Å². The molecule has 1 aliphatic rings. The van der Waals surface area contributed by atoms with Crippen molar-refractivity contribution in [1.82, 2.24) is 5.32 Å². The van der Waals surface area contributed by atoms with E-state index >= 15 is 0 Å². The van der Waals surface area contributed by atoms with E-state index in [0.29, 0.717) is 5.56 Å². The van der Waals surface area contributed by atoms with E-state index in [1.165, 1.54) is 18.1 Å². The van der Waals surface area contributed by atoms with Crippen LogP contribution in [0.1, 0.15) is 41.6 Å². The molecule has 1 fully saturated rings. The maximum Gasteiger partial charge on any atom is 0.255 e. The molecule has 0 aliphatic heterocycles. The number of benzene rings is 1. The molecule has 2 aromatic rings. The smallest absolute Gasteiger partial charge is 0.255 e. The fraction of sp³-hybridized carbons (Fsp3) is 0.312. The zero-order chi connectivity index (χ0) is 13.1. The molecule has 1 aromatic heterocycles. The SMILES string of the molecule is O=C(NC1(c2ccccc2)CCCC1)c1ccoc1. The number of hydrogen-bond acceptors (Lipinski definition) is 2. The Balaban J connectivity index is 1.88. The highest BCUT2D eigenvalue weighted by Crippen LogP contribution is 2.38. The third-order valence-corrected chi connectivity index (χ3v) is 3.92. The number of rotatable bonds is 3. The number of nitrogens with one attached hydrogen (secondary N) is 1. The van der Waals surface area contributed by atoms with E-state index in [2.05, 4.69) is 17.4 Å². The largest absolute Gasteiger partial charge is 0.472 e. The van der Waals surface area contributed by atoms with Gasteiger partial charge in [-0.3, -0.25) is 4.79 Å². The Labute approximate surface area is 112 Å². The van der Waals surface area contributed by atoms with Gasteiger partial charge in [-0.25, -0.2) is 0 Å². The van der Waals surface area contributed by atoms with Gasteiger partial charge in [-0.05, 0) is 24.5 Å². The summed E-state index contributed by atoms with van der Waals surface area (Å²) in [5.74, 6) is -0.0560. The molecule has 0 bridgehead atoms. The van der Waals surface area contributed by atoms with Gasteiger partial charge in [0.05, 0.1) is 17.4 Å². The van der Waals surface area contributed by atoms with E-state index in [0.717, 1.165) is 25.7 Å². The second-order valence-electron chi connectivity index (χ2n) is 5.12. The molecular weight excluding hydrogens is 238 g/mol. The first kappa shape index (κ1) is 12.0. The van der Waals surface area contributed by atoms with Crippen LogP contribution >= 0.6 is 0 Å². The second kappa shape index (κ2) is 4.92. The Kier molecular flexibility index (Phi) is 3.11. The van der Waals surface area contributed by atoms with Crippen molar-refractivity contribution in [3.8, 4) is 0 Å². The molecule has 0 spiro atoms. The first-order valence-corrected chi connectivity index (χ1v) is 6.70. The third-order valence-electron chi connectivity index (χ3n) is 3.92. The standard InChI is InChI=1S/C16H17NO2/c18-15(13-8-11-19-12-13)17-16(9-4-5-10-16)14-6-2-1-3-7-14/h1-3,6-8,11-12H,4-5,9-10H2,(H,17,18). The van der Waals surface area contributed by atoms with Crippen molar-refractivity contribution >= 4 is 5.91 Å². The Hall–Kier alpha value is -2.03. The average Bonchev–Trinajstić information content (AvgIpc) is 3.11. The van der Waals surface area contributed by atoms with Crippen LogP contribution in [0.15, 0.2) is 53.3 Å². The van der Waals surface area contributed by atoms with E-state index in [1.54, 1.807) is 6.07 Å². The van der Waals surface area contributed by atoms with Gasteiger partial charge in [0.15, 0.2) is 0 Å². The van der Waals surface area contributed by atoms with Crippen LogP contribution in [0.4, 0.5) is 0 Å². The number of hydrogen-bond donors (Lipinski definition) is 1. The van der Waals surface area contributed by atoms with Crippen LogP contribution in [0.5, 0.6) is 0 Å². The Morgan fingerprint density at radius 3 is 2.47 bits per heavy atom. The average molecular weight is 255 g/mol. The number of carbonyl (C=O) groups is 1. The van der Waals surface area contributed by atoms with Gasteiger partial charge >= 0.3 is 0 Å². The van der Waals surface area contributed by atoms with E-state index in [4.69, 9.17) is 4.42 Å². The van der Waals surface area contributed by atoms with Crippen LogP contribution in [0, 0.1) is 0 Å². The zero-order valence-corrected chi connectivity index (χ0v) is 10.8. The highest BCUT2D eigenvalue weighted by Gasteiger charge is 2.37. The molecule has 1 aliphatic carbocycles. The minimum Gasteiger partial charge on any atom is -0.472 e. The monoisotopic (exact) mass is 255 g/mol. The Bertz CT molecular complexity index is 539. The van der Waals surface area contributed by atoms with Crippen LogP contribution in [0.25, 0.3) is 0 Å². The van der Waals surface area contributed by atoms with E-state index in [1.807, 2.05) is 18.2 Å². The molecule has 1 amide bonds. The van der Waals surface area contributed by atoms with Crippen LogP contribution < -0.4 is 5.32 Å². The van der Waals surface area contributed by atoms with Crippen molar-refractivity contribution in [2.24, 2.45) is 0 Å². The van der Waals surface area contributed by atoms with Crippen LogP contribution in [-0.4, -0.2) is 5.91 Å². The summed E-state index contributed by atoms with van der Waals surface area (Å²) in [5.41, 5.74) is 1.57. The molecule has 1 N–H and O–H groups in total. The zero-order valence-electron chi connectivity index (χ0n) is 10.8. The molecule has 3 rings (SSSR count). The maximum atomic E-state index is 12.3. The summed E-state index contributed by atoms with van der Waals surface area (Å²) in [6, 6.07) is 12.0. The Morgan fingerprint density at radius 1 is 1.11 bits per heavy atom. The van der Waals surface area contributed by atoms with Gasteiger partial charge in [0, 0.05) is 0 Å². The van der Waals surface area contributed by atoms with Gasteiger partial charge in [-0.2, -0.15) is 0 Å². The molecule has 0 atom stereocenters. The highest BCUT2D eigenvalue weighted by atomic mass is 16.3. The predicted molar refractivity (Wildman–Crippen MR) is 72.8 cm³/mol. The summed E-state index contributed by atoms with van der Waals surface area (Å²) < 4.78 is 4.98. The van der Waals surface area contributed by atoms with E-state index in [-0.39, 0.29) is 11.4 Å². The molecule has 1 saturated carbocycles. The van der Waals surface area contributed by atoms with Gasteiger partial charge in [0.2, 0.25) is 0 Å². The first-order valence-electron chi connectivity index (χ1n) is 6.70. The van der Waals surface area contributed by atoms with Crippen LogP contribution in [0.2, 0.25) is 0 Å². The second-order valence-corrected chi connectivity index (χ2v) is 5.12.